The van der Waals surface area contributed by atoms with E-state index in [1.165, 1.54) is 0 Å². The molecule has 1 aliphatic heterocycles. The van der Waals surface area contributed by atoms with E-state index < -0.39 is 6.29 Å². The van der Waals surface area contributed by atoms with Crippen molar-refractivity contribution in [2.45, 2.75) is 18.8 Å². The van der Waals surface area contributed by atoms with Crippen molar-refractivity contribution in [2.75, 3.05) is 41.7 Å². The van der Waals surface area contributed by atoms with Crippen molar-refractivity contribution < 1.29 is 59.7 Å². The van der Waals surface area contributed by atoms with E-state index in [1.807, 2.05) is 6.07 Å². The van der Waals surface area contributed by atoms with Crippen molar-refractivity contribution in [2.24, 2.45) is 0 Å². The Labute approximate surface area is 189 Å². The molecular formula is C18H21BrCrO9. The molecule has 1 aromatic rings. The molecule has 160 valence electrons. The van der Waals surface area contributed by atoms with Gasteiger partial charge in [-0.05, 0) is 28.4 Å². The molecule has 0 unspecified atom stereocenters. The molecule has 9 nitrogen and oxygen atoms in total. The average molecular weight is 513 g/mol. The summed E-state index contributed by atoms with van der Waals surface area (Å²) in [5.41, 5.74) is 0.787. The number of rotatable bonds is 6. The van der Waals surface area contributed by atoms with E-state index in [-0.39, 0.29) is 23.5 Å². The Balaban J connectivity index is -0.000000883. The Kier molecular flexibility index (Phi) is 22.4. The minimum absolute atomic E-state index is 0. The van der Waals surface area contributed by atoms with Crippen LogP contribution in [0, 0.1) is 20.0 Å². The molecule has 11 heteroatoms. The molecule has 0 radical (unpaired) electrons. The molecule has 2 atom stereocenters. The van der Waals surface area contributed by atoms with Crippen molar-refractivity contribution in [3.8, 4) is 17.2 Å². The summed E-state index contributed by atoms with van der Waals surface area (Å²) in [4.78, 5) is 0. The van der Waals surface area contributed by atoms with Crippen LogP contribution in [-0.2, 0) is 45.5 Å². The first-order valence-corrected chi connectivity index (χ1v) is 8.31. The fourth-order valence-corrected chi connectivity index (χ4v) is 3.02. The zero-order valence-electron chi connectivity index (χ0n) is 16.3. The van der Waals surface area contributed by atoms with E-state index in [4.69, 9.17) is 42.4 Å². The Morgan fingerprint density at radius 1 is 1.00 bits per heavy atom. The van der Waals surface area contributed by atoms with E-state index in [1.54, 1.807) is 28.4 Å². The molecule has 1 heterocycles. The smallest absolute Gasteiger partial charge is 0 e. The van der Waals surface area contributed by atoms with E-state index >= 15 is 0 Å². The molecule has 29 heavy (non-hydrogen) atoms. The molecule has 0 bridgehead atoms. The van der Waals surface area contributed by atoms with Crippen molar-refractivity contribution in [3.63, 3.8) is 0 Å². The van der Waals surface area contributed by atoms with Gasteiger partial charge in [0.25, 0.3) is 0 Å². The largest absolute Gasteiger partial charge is 0 e. The number of hydrogen-bond acceptors (Lipinski definition) is 6. The van der Waals surface area contributed by atoms with Crippen molar-refractivity contribution >= 4 is 15.9 Å². The van der Waals surface area contributed by atoms with E-state index in [9.17, 15) is 0 Å². The zero-order chi connectivity index (χ0) is 22.1. The number of benzene rings is 1. The van der Waals surface area contributed by atoms with E-state index in [0.29, 0.717) is 30.5 Å². The normalized spacial score (nSPS) is 16.5. The fraction of sp³-hybridized carbons (Fsp3) is 0.500. The molecule has 1 saturated heterocycles. The van der Waals surface area contributed by atoms with Crippen LogP contribution in [-0.4, -0.2) is 47.8 Å². The summed E-state index contributed by atoms with van der Waals surface area (Å²) >= 11 is 3.54. The van der Waals surface area contributed by atoms with E-state index in [0.717, 1.165) is 16.5 Å². The minimum Gasteiger partial charge on any atom is 0 e. The summed E-state index contributed by atoms with van der Waals surface area (Å²) in [5, 5.41) is 0. The Morgan fingerprint density at radius 2 is 1.55 bits per heavy atom. The molecule has 0 spiro atoms. The maximum absolute atomic E-state index is 7.50. The molecule has 0 N–H and O–H groups in total. The van der Waals surface area contributed by atoms with Crippen molar-refractivity contribution in [1.82, 2.24) is 0 Å². The molecular weight excluding hydrogens is 492 g/mol. The van der Waals surface area contributed by atoms with Gasteiger partial charge in [-0.1, -0.05) is 0 Å². The van der Waals surface area contributed by atoms with Crippen LogP contribution in [0.5, 0.6) is 17.2 Å². The summed E-state index contributed by atoms with van der Waals surface area (Å²) in [6.45, 7) is 14.6. The van der Waals surface area contributed by atoms with Gasteiger partial charge in [-0.2, -0.15) is 0 Å². The third-order valence-electron chi connectivity index (χ3n) is 3.43. The van der Waals surface area contributed by atoms with Crippen LogP contribution in [0.4, 0.5) is 0 Å². The number of hydrogen-bond donors (Lipinski definition) is 0. The average Bonchev–Trinajstić information content (AvgIpc) is 2.78. The molecule has 1 aromatic carbocycles. The van der Waals surface area contributed by atoms with Crippen molar-refractivity contribution in [1.29, 1.82) is 0 Å². The predicted molar refractivity (Wildman–Crippen MR) is 95.6 cm³/mol. The summed E-state index contributed by atoms with van der Waals surface area (Å²) in [7, 11) is 6.37. The SMILES string of the molecule is COC[C@@H]1CCO[C@H](c2cc(OC)c(OC)c(OC)c2Br)O1.[C-]#[O+].[C-]#[O+].[C-]#[O+].[Cr]. The van der Waals surface area contributed by atoms with Crippen LogP contribution in [0.2, 0.25) is 0 Å². The summed E-state index contributed by atoms with van der Waals surface area (Å²) in [6, 6.07) is 1.82. The van der Waals surface area contributed by atoms with Gasteiger partial charge in [0.15, 0.2) is 17.8 Å². The minimum atomic E-state index is -0.517. The van der Waals surface area contributed by atoms with Crippen molar-refractivity contribution in [3.05, 3.63) is 36.1 Å². The van der Waals surface area contributed by atoms with Crippen LogP contribution < -0.4 is 14.2 Å². The van der Waals surface area contributed by atoms with Gasteiger partial charge in [-0.3, -0.25) is 0 Å². The molecule has 1 fully saturated rings. The second-order valence-electron chi connectivity index (χ2n) is 4.75. The first-order chi connectivity index (χ1) is 13.7. The third-order valence-corrected chi connectivity index (χ3v) is 4.25. The molecule has 0 amide bonds. The van der Waals surface area contributed by atoms with Gasteiger partial charge in [-0.25, -0.2) is 0 Å². The van der Waals surface area contributed by atoms with Gasteiger partial charge >= 0.3 is 33.9 Å². The summed E-state index contributed by atoms with van der Waals surface area (Å²) in [5.74, 6) is 1.61. The standard InChI is InChI=1S/C15H21BrO6.3CO.Cr/c1-17-8-9-5-6-21-15(22-9)10-7-11(18-2)13(19-3)14(20-4)12(10)16;3*1-2;/h7,9,15H,5-6,8H2,1-4H3;;;;/t9-,15-;;;;/m0..../s1. The zero-order valence-corrected chi connectivity index (χ0v) is 19.2. The molecule has 0 aliphatic carbocycles. The summed E-state index contributed by atoms with van der Waals surface area (Å²) in [6.07, 6.45) is 0.276. The Hall–Kier alpha value is -1.27. The first-order valence-electron chi connectivity index (χ1n) is 7.51. The third kappa shape index (κ3) is 9.39. The molecule has 2 rings (SSSR count). The maximum Gasteiger partial charge on any atom is 0 e. The Bertz CT molecular complexity index is 618. The monoisotopic (exact) mass is 512 g/mol. The first kappa shape index (κ1) is 32.4. The van der Waals surface area contributed by atoms with Gasteiger partial charge in [0.05, 0.1) is 45.1 Å². The molecule has 0 aromatic heterocycles. The van der Waals surface area contributed by atoms with Crippen LogP contribution in [0.15, 0.2) is 10.5 Å². The quantitative estimate of drug-likeness (QED) is 0.427. The Morgan fingerprint density at radius 3 is 2.00 bits per heavy atom. The van der Waals surface area contributed by atoms with Gasteiger partial charge in [0.1, 0.15) is 0 Å². The molecule has 0 saturated carbocycles. The van der Waals surface area contributed by atoms with Crippen LogP contribution in [0.1, 0.15) is 18.3 Å². The van der Waals surface area contributed by atoms with Gasteiger partial charge < -0.3 is 28.4 Å². The maximum atomic E-state index is 7.50. The predicted octanol–water partition coefficient (Wildman–Crippen LogP) is 2.81. The van der Waals surface area contributed by atoms with Gasteiger partial charge in [-0.15, -0.1) is 0 Å². The molecule has 1 aliphatic rings. The second-order valence-corrected chi connectivity index (χ2v) is 5.55. The van der Waals surface area contributed by atoms with Gasteiger partial charge in [0.2, 0.25) is 5.75 Å². The van der Waals surface area contributed by atoms with Crippen LogP contribution in [0.25, 0.3) is 0 Å². The van der Waals surface area contributed by atoms with Gasteiger partial charge in [0, 0.05) is 30.0 Å². The number of ether oxygens (including phenoxy) is 6. The topological polar surface area (TPSA) is 115 Å². The fourth-order valence-electron chi connectivity index (χ4n) is 2.37. The summed E-state index contributed by atoms with van der Waals surface area (Å²) < 4.78 is 56.2. The van der Waals surface area contributed by atoms with Crippen LogP contribution >= 0.6 is 15.9 Å². The second kappa shape index (κ2) is 20.0. The van der Waals surface area contributed by atoms with E-state index in [2.05, 4.69) is 35.9 Å². The van der Waals surface area contributed by atoms with Crippen LogP contribution in [0.3, 0.4) is 0 Å². The number of halogens is 1. The number of methoxy groups -OCH3 is 4.